The number of rotatable bonds is 3. The number of ether oxygens (including phenoxy) is 1. The Kier molecular flexibility index (Phi) is 3.56. The molecule has 0 saturated heterocycles. The van der Waals surface area contributed by atoms with Crippen molar-refractivity contribution in [3.05, 3.63) is 35.7 Å². The van der Waals surface area contributed by atoms with Gasteiger partial charge < -0.3 is 10.1 Å². The van der Waals surface area contributed by atoms with E-state index in [1.807, 2.05) is 0 Å². The van der Waals surface area contributed by atoms with E-state index in [0.29, 0.717) is 23.7 Å². The molecule has 2 N–H and O–H groups in total. The molecule has 21 heavy (non-hydrogen) atoms. The summed E-state index contributed by atoms with van der Waals surface area (Å²) in [6.07, 6.45) is 0.269. The molecular weight excluding hydrogens is 312 g/mol. The fourth-order valence-electron chi connectivity index (χ4n) is 1.91. The maximum atomic E-state index is 12.1. The van der Waals surface area contributed by atoms with Gasteiger partial charge in [0.15, 0.2) is 0 Å². The molecule has 1 aliphatic rings. The molecule has 1 aliphatic heterocycles. The lowest BCUT2D eigenvalue weighted by atomic mass is 10.2. The van der Waals surface area contributed by atoms with Gasteiger partial charge in [0.1, 0.15) is 9.96 Å². The molecule has 1 amide bonds. The van der Waals surface area contributed by atoms with E-state index in [1.165, 1.54) is 6.07 Å². The second-order valence-electron chi connectivity index (χ2n) is 4.40. The summed E-state index contributed by atoms with van der Waals surface area (Å²) in [5.74, 6) is 0.368. The summed E-state index contributed by atoms with van der Waals surface area (Å²) in [5.41, 5.74) is 0.830. The maximum absolute atomic E-state index is 12.1. The Morgan fingerprint density at radius 1 is 1.29 bits per heavy atom. The van der Waals surface area contributed by atoms with Crippen LogP contribution in [-0.4, -0.2) is 20.9 Å². The quantitative estimate of drug-likeness (QED) is 0.907. The number of benzene rings is 1. The number of anilines is 2. The SMILES string of the molecule is O=C1CCOc2ccc(NS(=O)(=O)c3cccs3)cc2N1. The van der Waals surface area contributed by atoms with Crippen molar-refractivity contribution in [2.45, 2.75) is 10.6 Å². The lowest BCUT2D eigenvalue weighted by molar-refractivity contribution is -0.116. The molecule has 1 aromatic heterocycles. The molecule has 0 fully saturated rings. The van der Waals surface area contributed by atoms with E-state index in [-0.39, 0.29) is 16.5 Å². The highest BCUT2D eigenvalue weighted by Crippen LogP contribution is 2.31. The smallest absolute Gasteiger partial charge is 0.271 e. The van der Waals surface area contributed by atoms with E-state index in [9.17, 15) is 13.2 Å². The molecule has 0 spiro atoms. The second kappa shape index (κ2) is 5.38. The van der Waals surface area contributed by atoms with Crippen LogP contribution >= 0.6 is 11.3 Å². The highest BCUT2D eigenvalue weighted by atomic mass is 32.2. The van der Waals surface area contributed by atoms with Gasteiger partial charge in [-0.15, -0.1) is 11.3 Å². The lowest BCUT2D eigenvalue weighted by Crippen LogP contribution is -2.12. The summed E-state index contributed by atoms with van der Waals surface area (Å²) < 4.78 is 32.4. The van der Waals surface area contributed by atoms with Crippen molar-refractivity contribution < 1.29 is 17.9 Å². The normalized spacial score (nSPS) is 14.6. The summed E-state index contributed by atoms with van der Waals surface area (Å²) in [4.78, 5) is 11.5. The maximum Gasteiger partial charge on any atom is 0.271 e. The van der Waals surface area contributed by atoms with Gasteiger partial charge >= 0.3 is 0 Å². The van der Waals surface area contributed by atoms with E-state index < -0.39 is 10.0 Å². The van der Waals surface area contributed by atoms with E-state index in [0.717, 1.165) is 11.3 Å². The largest absolute Gasteiger partial charge is 0.491 e. The first-order chi connectivity index (χ1) is 10.0. The fourth-order valence-corrected chi connectivity index (χ4v) is 3.95. The van der Waals surface area contributed by atoms with Crippen LogP contribution in [0.4, 0.5) is 11.4 Å². The summed E-state index contributed by atoms with van der Waals surface area (Å²) in [5, 5.41) is 4.38. The fraction of sp³-hybridized carbons (Fsp3) is 0.154. The number of amides is 1. The van der Waals surface area contributed by atoms with Gasteiger partial charge in [-0.2, -0.15) is 0 Å². The minimum atomic E-state index is -3.60. The van der Waals surface area contributed by atoms with Crippen LogP contribution in [0.15, 0.2) is 39.9 Å². The third kappa shape index (κ3) is 3.01. The van der Waals surface area contributed by atoms with Gasteiger partial charge in [0, 0.05) is 0 Å². The number of sulfonamides is 1. The van der Waals surface area contributed by atoms with Crippen molar-refractivity contribution in [2.75, 3.05) is 16.6 Å². The number of carbonyl (C=O) groups excluding carboxylic acids is 1. The molecule has 6 nitrogen and oxygen atoms in total. The highest BCUT2D eigenvalue weighted by molar-refractivity contribution is 7.94. The predicted octanol–water partition coefficient (Wildman–Crippen LogP) is 2.27. The molecule has 2 heterocycles. The average Bonchev–Trinajstić information content (AvgIpc) is 2.89. The third-order valence-electron chi connectivity index (χ3n) is 2.85. The van der Waals surface area contributed by atoms with Crippen LogP contribution in [-0.2, 0) is 14.8 Å². The molecule has 3 rings (SSSR count). The van der Waals surface area contributed by atoms with Crippen LogP contribution in [0.1, 0.15) is 6.42 Å². The Morgan fingerprint density at radius 3 is 2.90 bits per heavy atom. The number of thiophene rings is 1. The van der Waals surface area contributed by atoms with Crippen LogP contribution in [0.25, 0.3) is 0 Å². The van der Waals surface area contributed by atoms with Crippen LogP contribution in [0.5, 0.6) is 5.75 Å². The average molecular weight is 324 g/mol. The zero-order chi connectivity index (χ0) is 14.9. The van der Waals surface area contributed by atoms with Gasteiger partial charge in [-0.3, -0.25) is 9.52 Å². The van der Waals surface area contributed by atoms with Crippen LogP contribution < -0.4 is 14.8 Å². The zero-order valence-electron chi connectivity index (χ0n) is 10.8. The van der Waals surface area contributed by atoms with Crippen molar-refractivity contribution >= 4 is 38.6 Å². The third-order valence-corrected chi connectivity index (χ3v) is 5.63. The monoisotopic (exact) mass is 324 g/mol. The van der Waals surface area contributed by atoms with Crippen molar-refractivity contribution in [2.24, 2.45) is 0 Å². The molecule has 0 unspecified atom stereocenters. The Bertz CT molecular complexity index is 769. The van der Waals surface area contributed by atoms with Crippen molar-refractivity contribution in [3.63, 3.8) is 0 Å². The molecule has 2 aromatic rings. The molecular formula is C13H12N2O4S2. The highest BCUT2D eigenvalue weighted by Gasteiger charge is 2.18. The second-order valence-corrected chi connectivity index (χ2v) is 7.25. The molecule has 1 aromatic carbocycles. The number of carbonyl (C=O) groups is 1. The molecule has 0 radical (unpaired) electrons. The Labute approximate surface area is 125 Å². The van der Waals surface area contributed by atoms with E-state index in [2.05, 4.69) is 10.0 Å². The molecule has 0 aliphatic carbocycles. The molecule has 0 bridgehead atoms. The Balaban J connectivity index is 1.89. The first-order valence-corrected chi connectivity index (χ1v) is 8.54. The van der Waals surface area contributed by atoms with Gasteiger partial charge in [0.2, 0.25) is 5.91 Å². The van der Waals surface area contributed by atoms with Crippen LogP contribution in [0.2, 0.25) is 0 Å². The summed E-state index contributed by atoms with van der Waals surface area (Å²) in [6.45, 7) is 0.305. The van der Waals surface area contributed by atoms with Crippen molar-refractivity contribution in [1.82, 2.24) is 0 Å². The lowest BCUT2D eigenvalue weighted by Gasteiger charge is -2.11. The predicted molar refractivity (Wildman–Crippen MR) is 80.3 cm³/mol. The Morgan fingerprint density at radius 2 is 2.14 bits per heavy atom. The number of fused-ring (bicyclic) bond motifs is 1. The summed E-state index contributed by atoms with van der Waals surface area (Å²) in [7, 11) is -3.60. The Hall–Kier alpha value is -2.06. The zero-order valence-corrected chi connectivity index (χ0v) is 12.5. The van der Waals surface area contributed by atoms with Gasteiger partial charge in [-0.25, -0.2) is 8.42 Å². The van der Waals surface area contributed by atoms with Crippen molar-refractivity contribution in [3.8, 4) is 5.75 Å². The van der Waals surface area contributed by atoms with Gasteiger partial charge in [-0.1, -0.05) is 6.07 Å². The minimum absolute atomic E-state index is 0.160. The number of hydrogen-bond donors (Lipinski definition) is 2. The van der Waals surface area contributed by atoms with E-state index in [1.54, 1.807) is 29.6 Å². The number of hydrogen-bond acceptors (Lipinski definition) is 5. The van der Waals surface area contributed by atoms with E-state index >= 15 is 0 Å². The molecule has 8 heteroatoms. The van der Waals surface area contributed by atoms with Gasteiger partial charge in [-0.05, 0) is 29.6 Å². The molecule has 110 valence electrons. The summed E-state index contributed by atoms with van der Waals surface area (Å²) >= 11 is 1.14. The first-order valence-electron chi connectivity index (χ1n) is 6.18. The topological polar surface area (TPSA) is 84.5 Å². The molecule has 0 saturated carbocycles. The van der Waals surface area contributed by atoms with Crippen LogP contribution in [0.3, 0.4) is 0 Å². The van der Waals surface area contributed by atoms with Gasteiger partial charge in [0.05, 0.1) is 24.4 Å². The van der Waals surface area contributed by atoms with Crippen LogP contribution in [0, 0.1) is 0 Å². The number of nitrogens with one attached hydrogen (secondary N) is 2. The van der Waals surface area contributed by atoms with Crippen molar-refractivity contribution in [1.29, 1.82) is 0 Å². The summed E-state index contributed by atoms with van der Waals surface area (Å²) in [6, 6.07) is 7.98. The standard InChI is InChI=1S/C13H12N2O4S2/c16-12-5-6-19-11-4-3-9(8-10(11)14-12)15-21(17,18)13-2-1-7-20-13/h1-4,7-8,15H,5-6H2,(H,14,16). The van der Waals surface area contributed by atoms with E-state index in [4.69, 9.17) is 4.74 Å². The van der Waals surface area contributed by atoms with Gasteiger partial charge in [0.25, 0.3) is 10.0 Å². The minimum Gasteiger partial charge on any atom is -0.491 e. The molecule has 0 atom stereocenters. The first kappa shape index (κ1) is 13.9.